The van der Waals surface area contributed by atoms with Crippen LogP contribution < -0.4 is 10.5 Å². The summed E-state index contributed by atoms with van der Waals surface area (Å²) < 4.78 is 133. The summed E-state index contributed by atoms with van der Waals surface area (Å²) in [6, 6.07) is -4.11. The minimum atomic E-state index is -5.51. The van der Waals surface area contributed by atoms with Gasteiger partial charge in [-0.25, -0.2) is 22.0 Å². The van der Waals surface area contributed by atoms with Gasteiger partial charge in [0.15, 0.2) is 0 Å². The van der Waals surface area contributed by atoms with E-state index in [0.717, 1.165) is 0 Å². The fraction of sp³-hybridized carbons (Fsp3) is 0.667. The highest BCUT2D eigenvalue weighted by molar-refractivity contribution is 7.94. The second-order valence-electron chi connectivity index (χ2n) is 4.05. The summed E-state index contributed by atoms with van der Waals surface area (Å²) >= 11 is -0.122. The van der Waals surface area contributed by atoms with Gasteiger partial charge in [0, 0.05) is 46.5 Å². The molecule has 0 aliphatic carbocycles. The maximum atomic E-state index is 13.4. The first-order valence-corrected chi connectivity index (χ1v) is 9.82. The van der Waals surface area contributed by atoms with Crippen LogP contribution in [0.3, 0.4) is 0 Å². The van der Waals surface area contributed by atoms with Gasteiger partial charge in [-0.15, -0.1) is 11.3 Å². The highest BCUT2D eigenvalue weighted by atomic mass is 32.3. The van der Waals surface area contributed by atoms with E-state index in [1.54, 1.807) is 0 Å². The molecule has 0 bridgehead atoms. The number of thiophene rings is 1. The van der Waals surface area contributed by atoms with Gasteiger partial charge in [0.05, 0.1) is 5.48 Å². The van der Waals surface area contributed by atoms with Crippen molar-refractivity contribution in [3.8, 4) is 0 Å². The summed E-state index contributed by atoms with van der Waals surface area (Å²) in [6.07, 6.45) is -3.86. The Balaban J connectivity index is 3.08. The number of hydrogen-bond donors (Lipinski definition) is 2. The lowest BCUT2D eigenvalue weighted by atomic mass is 10.1. The van der Waals surface area contributed by atoms with Gasteiger partial charge in [-0.2, -0.15) is 4.31 Å². The van der Waals surface area contributed by atoms with Gasteiger partial charge < -0.3 is 10.1 Å². The number of rotatable bonds is 7. The minimum absolute atomic E-state index is 0.122. The zero-order valence-electron chi connectivity index (χ0n) is 22.0. The molecule has 0 fully saturated rings. The third-order valence-corrected chi connectivity index (χ3v) is 6.94. The topological polar surface area (TPSA) is 119 Å². The molecule has 0 saturated carbocycles. The third-order valence-electron chi connectivity index (χ3n) is 2.48. The molecule has 0 unspecified atom stereocenters. The van der Waals surface area contributed by atoms with Crippen LogP contribution in [0.1, 0.15) is 38.6 Å². The number of primary sulfonamides is 1. The first-order valence-electron chi connectivity index (χ1n) is 11.0. The molecule has 1 aliphatic heterocycles. The molecule has 0 amide bonds. The number of likely N-dealkylation sites (N-methyl/N-ethyl adjacent to an activating group) is 1. The molecule has 1 aromatic rings. The lowest BCUT2D eigenvalue weighted by Gasteiger charge is -2.32. The monoisotopic (exact) mass is 393 g/mol. The van der Waals surface area contributed by atoms with E-state index in [1.165, 1.54) is 6.92 Å². The van der Waals surface area contributed by atoms with Crippen LogP contribution in [0.5, 0.6) is 0 Å². The Kier molecular flexibility index (Phi) is 2.86. The maximum Gasteiger partial charge on any atom is 0.252 e. The van der Waals surface area contributed by atoms with Crippen molar-refractivity contribution in [3.05, 3.63) is 11.6 Å². The number of sulfonamides is 2. The van der Waals surface area contributed by atoms with Crippen LogP contribution in [0.25, 0.3) is 0 Å². The molecule has 23 heavy (non-hydrogen) atoms. The largest absolute Gasteiger partial charge is 0.385 e. The van der Waals surface area contributed by atoms with Crippen LogP contribution in [-0.4, -0.2) is 54.3 Å². The van der Waals surface area contributed by atoms with Crippen molar-refractivity contribution in [3.63, 3.8) is 0 Å². The predicted molar refractivity (Wildman–Crippen MR) is 87.4 cm³/mol. The molecule has 1 atom stereocenters. The number of nitrogens with zero attached hydrogens (tertiary/aromatic N) is 1. The Hall–Kier alpha value is -0.560. The van der Waals surface area contributed by atoms with E-state index in [2.05, 4.69) is 10.1 Å². The molecule has 0 radical (unpaired) electrons. The molecule has 2 rings (SSSR count). The highest BCUT2D eigenvalue weighted by Gasteiger charge is 2.39. The van der Waals surface area contributed by atoms with Crippen LogP contribution in [-0.2, 0) is 24.8 Å². The minimum Gasteiger partial charge on any atom is -0.385 e. The molecular weight excluding hydrogens is 362 g/mol. The van der Waals surface area contributed by atoms with E-state index in [9.17, 15) is 16.8 Å². The fourth-order valence-electron chi connectivity index (χ4n) is 1.61. The average molecular weight is 394 g/mol. The molecule has 1 aromatic heterocycles. The van der Waals surface area contributed by atoms with E-state index < -0.39 is 76.3 Å². The first kappa shape index (κ1) is 9.22. The summed E-state index contributed by atoms with van der Waals surface area (Å²) in [6.45, 7) is -10.1. The molecule has 2 heterocycles. The van der Waals surface area contributed by atoms with Crippen molar-refractivity contribution in [1.29, 1.82) is 0 Å². The van der Waals surface area contributed by atoms with Crippen LogP contribution in [0, 0.1) is 0 Å². The Labute approximate surface area is 154 Å². The predicted octanol–water partition coefficient (Wildman–Crippen LogP) is 0.0869. The Morgan fingerprint density at radius 1 is 1.74 bits per heavy atom. The number of methoxy groups -OCH3 is 1. The van der Waals surface area contributed by atoms with Gasteiger partial charge in [-0.05, 0) is 19.0 Å². The standard InChI is InChI=1S/C12H21N3O5S3/c1-3-14-10-8-15(5-4-6-20-2)23(18,19)12-9(10)7-11(21-12)22(13,16)17/h7,10,14H,3-6,8H2,1-2H3,(H2,13,16,17)/t10-/m0/s1/i4D2,5D2,6D2,7D,8D2,10D. The van der Waals surface area contributed by atoms with Gasteiger partial charge in [0.25, 0.3) is 10.0 Å². The van der Waals surface area contributed by atoms with E-state index in [0.29, 0.717) is 7.11 Å². The second-order valence-corrected chi connectivity index (χ2v) is 8.81. The van der Waals surface area contributed by atoms with Gasteiger partial charge in [-0.3, -0.25) is 0 Å². The number of ether oxygens (including phenoxy) is 1. The molecule has 8 nitrogen and oxygen atoms in total. The first-order chi connectivity index (χ1) is 14.5. The van der Waals surface area contributed by atoms with Crippen LogP contribution in [0.15, 0.2) is 14.5 Å². The third kappa shape index (κ3) is 3.92. The lowest BCUT2D eigenvalue weighted by Crippen LogP contribution is -2.43. The van der Waals surface area contributed by atoms with E-state index in [4.69, 9.17) is 18.8 Å². The number of hydrogen-bond acceptors (Lipinski definition) is 7. The summed E-state index contributed by atoms with van der Waals surface area (Å²) in [4.78, 5) is 0. The Morgan fingerprint density at radius 2 is 2.43 bits per heavy atom. The maximum absolute atomic E-state index is 13.4. The van der Waals surface area contributed by atoms with Crippen molar-refractivity contribution in [2.24, 2.45) is 5.14 Å². The van der Waals surface area contributed by atoms with Gasteiger partial charge in [0.2, 0.25) is 10.0 Å². The number of fused-ring (bicyclic) bond motifs is 1. The summed E-state index contributed by atoms with van der Waals surface area (Å²) in [5.41, 5.74) is -0.953. The smallest absolute Gasteiger partial charge is 0.252 e. The van der Waals surface area contributed by atoms with E-state index in [1.807, 2.05) is 0 Å². The average Bonchev–Trinajstić information content (AvgIpc) is 2.98. The second kappa shape index (κ2) is 7.13. The van der Waals surface area contributed by atoms with Gasteiger partial charge in [0.1, 0.15) is 8.42 Å². The normalized spacial score (nSPS) is 34.9. The fourth-order valence-corrected chi connectivity index (χ4v) is 5.15. The zero-order chi connectivity index (χ0) is 26.2. The van der Waals surface area contributed by atoms with Crippen molar-refractivity contribution >= 4 is 31.4 Å². The van der Waals surface area contributed by atoms with Crippen LogP contribution in [0.4, 0.5) is 0 Å². The van der Waals surface area contributed by atoms with Crippen LogP contribution in [0.2, 0.25) is 0 Å². The lowest BCUT2D eigenvalue weighted by molar-refractivity contribution is 0.185. The molecule has 3 N–H and O–H groups in total. The summed E-state index contributed by atoms with van der Waals surface area (Å²) in [5.74, 6) is 0. The van der Waals surface area contributed by atoms with E-state index in [-0.39, 0.29) is 17.9 Å². The van der Waals surface area contributed by atoms with Crippen LogP contribution >= 0.6 is 11.3 Å². The summed E-state index contributed by atoms with van der Waals surface area (Å²) in [5, 5.41) is 7.31. The molecule has 11 heteroatoms. The Bertz CT molecular complexity index is 1170. The van der Waals surface area contributed by atoms with E-state index >= 15 is 0 Å². The van der Waals surface area contributed by atoms with Gasteiger partial charge >= 0.3 is 0 Å². The number of nitrogens with one attached hydrogen (secondary N) is 1. The number of nitrogens with two attached hydrogens (primary N) is 1. The quantitative estimate of drug-likeness (QED) is 0.677. The molecule has 0 aromatic carbocycles. The van der Waals surface area contributed by atoms with Crippen molar-refractivity contribution in [1.82, 2.24) is 9.62 Å². The van der Waals surface area contributed by atoms with Crippen molar-refractivity contribution in [2.75, 3.05) is 33.2 Å². The highest BCUT2D eigenvalue weighted by Crippen LogP contribution is 2.39. The summed E-state index contributed by atoms with van der Waals surface area (Å²) in [7, 11) is -9.55. The SMILES string of the molecule is [2H]c1c(S(N)(=O)=O)sc2c1[C@@]([2H])(NCC)C([2H])([2H])N(C([2H])([2H])C([2H])([2H])C([2H])([2H])OC)S2(=O)=O. The van der Waals surface area contributed by atoms with Crippen molar-refractivity contribution < 1.29 is 35.3 Å². The van der Waals surface area contributed by atoms with Gasteiger partial charge in [-0.1, -0.05) is 6.92 Å². The zero-order valence-corrected chi connectivity index (χ0v) is 14.4. The molecular formula is C12H21N3O5S3. The molecule has 1 aliphatic rings. The molecule has 0 spiro atoms. The van der Waals surface area contributed by atoms with Crippen molar-refractivity contribution in [2.45, 2.75) is 27.7 Å². The molecule has 132 valence electrons. The Morgan fingerprint density at radius 3 is 3.00 bits per heavy atom. The molecule has 0 saturated heterocycles.